The van der Waals surface area contributed by atoms with Crippen molar-refractivity contribution >= 4 is 17.8 Å². The summed E-state index contributed by atoms with van der Waals surface area (Å²) in [5.41, 5.74) is 2.08. The topological polar surface area (TPSA) is 43.4 Å². The first-order valence-electron chi connectivity index (χ1n) is 4.99. The second-order valence-corrected chi connectivity index (χ2v) is 3.55. The molecule has 0 saturated heterocycles. The van der Waals surface area contributed by atoms with E-state index in [1.807, 2.05) is 31.2 Å². The molecule has 0 fully saturated rings. The maximum absolute atomic E-state index is 11.1. The molecule has 0 aliphatic carbocycles. The van der Waals surface area contributed by atoms with Crippen LogP contribution in [0.1, 0.15) is 18.1 Å². The number of hydrogen-bond donors (Lipinski definition) is 0. The molecule has 1 aromatic carbocycles. The Hall–Kier alpha value is -1.90. The second kappa shape index (κ2) is 5.85. The Bertz CT molecular complexity index is 402. The number of aryl methyl sites for hydroxylation is 1. The molecule has 0 radical (unpaired) electrons. The Balaban J connectivity index is 2.50. The molecule has 0 amide bonds. The molecule has 0 aliphatic rings. The maximum atomic E-state index is 11.1. The number of hydrogen-bond acceptors (Lipinski definition) is 3. The highest BCUT2D eigenvalue weighted by molar-refractivity contribution is 5.89. The van der Waals surface area contributed by atoms with Crippen LogP contribution >= 0.6 is 0 Å². The predicted octanol–water partition coefficient (Wildman–Crippen LogP) is 2.14. The molecule has 1 aromatic rings. The molecule has 0 heterocycles. The van der Waals surface area contributed by atoms with Crippen LogP contribution in [0.2, 0.25) is 0 Å². The molecular weight excluding hydrogens is 204 g/mol. The number of esters is 1. The summed E-state index contributed by atoms with van der Waals surface area (Å²) < 4.78 is 4.67. The molecule has 0 atom stereocenters. The summed E-state index contributed by atoms with van der Waals surface area (Å²) in [5.74, 6) is -0.673. The molecule has 3 heteroatoms. The summed E-state index contributed by atoms with van der Waals surface area (Å²) in [6.45, 7) is 3.20. The number of carbonyl (C=O) groups is 2. The van der Waals surface area contributed by atoms with Gasteiger partial charge in [-0.05, 0) is 25.5 Å². The van der Waals surface area contributed by atoms with Gasteiger partial charge < -0.3 is 4.74 Å². The van der Waals surface area contributed by atoms with Crippen LogP contribution in [-0.4, -0.2) is 18.4 Å². The van der Waals surface area contributed by atoms with Crippen molar-refractivity contribution in [3.05, 3.63) is 41.5 Å². The second-order valence-electron chi connectivity index (χ2n) is 3.55. The van der Waals surface area contributed by atoms with Crippen molar-refractivity contribution in [2.75, 3.05) is 6.61 Å². The van der Waals surface area contributed by atoms with Gasteiger partial charge in [0.05, 0.1) is 0 Å². The van der Waals surface area contributed by atoms with Crippen LogP contribution < -0.4 is 0 Å². The number of benzene rings is 1. The Kier molecular flexibility index (Phi) is 4.45. The van der Waals surface area contributed by atoms with E-state index in [1.165, 1.54) is 13.0 Å². The first kappa shape index (κ1) is 12.2. The molecule has 0 bridgehead atoms. The Morgan fingerprint density at radius 1 is 1.25 bits per heavy atom. The van der Waals surface area contributed by atoms with Crippen molar-refractivity contribution in [1.29, 1.82) is 0 Å². The van der Waals surface area contributed by atoms with Crippen LogP contribution in [0.3, 0.4) is 0 Å². The van der Waals surface area contributed by atoms with Crippen molar-refractivity contribution in [2.24, 2.45) is 0 Å². The molecule has 0 N–H and O–H groups in total. The van der Waals surface area contributed by atoms with E-state index < -0.39 is 5.97 Å². The van der Waals surface area contributed by atoms with Gasteiger partial charge in [-0.15, -0.1) is 0 Å². The van der Waals surface area contributed by atoms with Gasteiger partial charge in [0.2, 0.25) is 0 Å². The minimum atomic E-state index is -0.504. The SMILES string of the molecule is CC(=O)COC(=O)/C=C/c1ccc(C)cc1. The molecule has 16 heavy (non-hydrogen) atoms. The van der Waals surface area contributed by atoms with E-state index >= 15 is 0 Å². The standard InChI is InChI=1S/C13H14O3/c1-10-3-5-12(6-4-10)7-8-13(15)16-9-11(2)14/h3-8H,9H2,1-2H3/b8-7+. The van der Waals surface area contributed by atoms with E-state index in [-0.39, 0.29) is 12.4 Å². The highest BCUT2D eigenvalue weighted by Gasteiger charge is 1.98. The molecule has 1 rings (SSSR count). The zero-order valence-corrected chi connectivity index (χ0v) is 9.40. The summed E-state index contributed by atoms with van der Waals surface area (Å²) in [6.07, 6.45) is 2.97. The Labute approximate surface area is 94.7 Å². The molecular formula is C13H14O3. The number of rotatable bonds is 4. The lowest BCUT2D eigenvalue weighted by Crippen LogP contribution is -2.08. The van der Waals surface area contributed by atoms with Crippen LogP contribution in [0.4, 0.5) is 0 Å². The molecule has 0 aromatic heterocycles. The number of ether oxygens (including phenoxy) is 1. The predicted molar refractivity (Wildman–Crippen MR) is 61.9 cm³/mol. The average Bonchev–Trinajstić information content (AvgIpc) is 2.25. The van der Waals surface area contributed by atoms with Gasteiger partial charge in [0, 0.05) is 6.08 Å². The van der Waals surface area contributed by atoms with Gasteiger partial charge in [0.15, 0.2) is 5.78 Å². The van der Waals surface area contributed by atoms with Crippen molar-refractivity contribution in [3.8, 4) is 0 Å². The smallest absolute Gasteiger partial charge is 0.331 e. The van der Waals surface area contributed by atoms with Gasteiger partial charge in [-0.1, -0.05) is 29.8 Å². The van der Waals surface area contributed by atoms with E-state index in [4.69, 9.17) is 0 Å². The lowest BCUT2D eigenvalue weighted by atomic mass is 10.1. The lowest BCUT2D eigenvalue weighted by Gasteiger charge is -1.97. The van der Waals surface area contributed by atoms with Gasteiger partial charge in [-0.2, -0.15) is 0 Å². The van der Waals surface area contributed by atoms with Crippen LogP contribution in [0.15, 0.2) is 30.3 Å². The molecule has 0 unspecified atom stereocenters. The molecule has 0 aliphatic heterocycles. The van der Waals surface area contributed by atoms with Crippen molar-refractivity contribution in [2.45, 2.75) is 13.8 Å². The largest absolute Gasteiger partial charge is 0.455 e. The van der Waals surface area contributed by atoms with Gasteiger partial charge in [0.25, 0.3) is 0 Å². The van der Waals surface area contributed by atoms with E-state index in [0.717, 1.165) is 11.1 Å². The van der Waals surface area contributed by atoms with E-state index in [0.29, 0.717) is 0 Å². The first-order valence-corrected chi connectivity index (χ1v) is 4.99. The van der Waals surface area contributed by atoms with E-state index in [2.05, 4.69) is 4.74 Å². The van der Waals surface area contributed by atoms with Gasteiger partial charge >= 0.3 is 5.97 Å². The highest BCUT2D eigenvalue weighted by Crippen LogP contribution is 2.04. The van der Waals surface area contributed by atoms with Crippen molar-refractivity contribution in [3.63, 3.8) is 0 Å². The fraction of sp³-hybridized carbons (Fsp3) is 0.231. The maximum Gasteiger partial charge on any atom is 0.331 e. The lowest BCUT2D eigenvalue weighted by molar-refractivity contribution is -0.142. The van der Waals surface area contributed by atoms with E-state index in [9.17, 15) is 9.59 Å². The monoisotopic (exact) mass is 218 g/mol. The zero-order chi connectivity index (χ0) is 12.0. The summed E-state index contributed by atoms with van der Waals surface area (Å²) in [5, 5.41) is 0. The summed E-state index contributed by atoms with van der Waals surface area (Å²) in [7, 11) is 0. The zero-order valence-electron chi connectivity index (χ0n) is 9.40. The molecule has 3 nitrogen and oxygen atoms in total. The highest BCUT2D eigenvalue weighted by atomic mass is 16.5. The fourth-order valence-corrected chi connectivity index (χ4v) is 1.06. The van der Waals surface area contributed by atoms with Crippen molar-refractivity contribution < 1.29 is 14.3 Å². The average molecular weight is 218 g/mol. The fourth-order valence-electron chi connectivity index (χ4n) is 1.06. The third-order valence-electron chi connectivity index (χ3n) is 1.91. The van der Waals surface area contributed by atoms with E-state index in [1.54, 1.807) is 6.08 Å². The van der Waals surface area contributed by atoms with Crippen LogP contribution in [0.5, 0.6) is 0 Å². The van der Waals surface area contributed by atoms with Gasteiger partial charge in [0.1, 0.15) is 6.61 Å². The summed E-state index contributed by atoms with van der Waals surface area (Å²) in [4.78, 5) is 21.7. The normalized spacial score (nSPS) is 10.4. The number of Topliss-reactive ketones (excluding diaryl/α,β-unsaturated/α-hetero) is 1. The summed E-state index contributed by atoms with van der Waals surface area (Å²) in [6, 6.07) is 7.73. The van der Waals surface area contributed by atoms with Crippen LogP contribution in [-0.2, 0) is 14.3 Å². The minimum Gasteiger partial charge on any atom is -0.455 e. The molecule has 0 saturated carbocycles. The number of ketones is 1. The Morgan fingerprint density at radius 3 is 2.44 bits per heavy atom. The molecule has 84 valence electrons. The quantitative estimate of drug-likeness (QED) is 0.574. The first-order chi connectivity index (χ1) is 7.58. The summed E-state index contributed by atoms with van der Waals surface area (Å²) >= 11 is 0. The minimum absolute atomic E-state index is 0.169. The third-order valence-corrected chi connectivity index (χ3v) is 1.91. The van der Waals surface area contributed by atoms with Crippen LogP contribution in [0.25, 0.3) is 6.08 Å². The van der Waals surface area contributed by atoms with Crippen molar-refractivity contribution in [1.82, 2.24) is 0 Å². The molecule has 0 spiro atoms. The van der Waals surface area contributed by atoms with Gasteiger partial charge in [-0.25, -0.2) is 4.79 Å². The third kappa shape index (κ3) is 4.55. The van der Waals surface area contributed by atoms with Crippen LogP contribution in [0, 0.1) is 6.92 Å². The van der Waals surface area contributed by atoms with Gasteiger partial charge in [-0.3, -0.25) is 4.79 Å². The number of carbonyl (C=O) groups excluding carboxylic acids is 2. The Morgan fingerprint density at radius 2 is 1.88 bits per heavy atom.